The maximum absolute atomic E-state index is 11.9. The molecule has 4 rings (SSSR count). The van der Waals surface area contributed by atoms with Crippen LogP contribution in [0.4, 0.5) is 22.2 Å². The number of aromatic nitrogens is 2. The van der Waals surface area contributed by atoms with Gasteiger partial charge < -0.3 is 15.3 Å². The number of benzene rings is 1. The van der Waals surface area contributed by atoms with E-state index in [1.165, 1.54) is 29.0 Å². The van der Waals surface area contributed by atoms with E-state index in [0.717, 1.165) is 61.5 Å². The highest BCUT2D eigenvalue weighted by Crippen LogP contribution is 2.31. The molecular formula is C25H35N5O2. The number of fused-ring (bicyclic) bond motifs is 1. The highest BCUT2D eigenvalue weighted by molar-refractivity contribution is 5.86. The second kappa shape index (κ2) is 9.76. The minimum absolute atomic E-state index is 0.334. The fraction of sp³-hybridized carbons (Fsp3) is 0.560. The summed E-state index contributed by atoms with van der Waals surface area (Å²) in [7, 11) is 4.10. The maximum atomic E-state index is 11.9. The number of nitrogens with zero attached hydrogens (tertiary/aromatic N) is 4. The van der Waals surface area contributed by atoms with Crippen LogP contribution in [0, 0.1) is 12.8 Å². The first-order chi connectivity index (χ1) is 15.4. The van der Waals surface area contributed by atoms with Crippen LogP contribution in [-0.2, 0) is 12.8 Å². The number of carboxylic acid groups (broad SMARTS) is 1. The summed E-state index contributed by atoms with van der Waals surface area (Å²) in [6, 6.07) is 8.05. The predicted octanol–water partition coefficient (Wildman–Crippen LogP) is 4.89. The van der Waals surface area contributed by atoms with E-state index in [0.29, 0.717) is 18.5 Å². The van der Waals surface area contributed by atoms with Gasteiger partial charge in [-0.25, -0.2) is 9.78 Å². The molecule has 2 N–H and O–H groups in total. The van der Waals surface area contributed by atoms with Crippen molar-refractivity contribution in [1.82, 2.24) is 9.97 Å². The molecule has 7 heteroatoms. The van der Waals surface area contributed by atoms with Gasteiger partial charge in [0.1, 0.15) is 5.82 Å². The first-order valence-electron chi connectivity index (χ1n) is 11.8. The lowest BCUT2D eigenvalue weighted by molar-refractivity contribution is 0.199. The molecule has 1 heterocycles. The number of hydrogen-bond acceptors (Lipinski definition) is 5. The van der Waals surface area contributed by atoms with Crippen molar-refractivity contribution >= 4 is 23.5 Å². The molecule has 0 aliphatic heterocycles. The molecule has 0 atom stereocenters. The van der Waals surface area contributed by atoms with E-state index in [-0.39, 0.29) is 0 Å². The highest BCUT2D eigenvalue weighted by atomic mass is 16.4. The summed E-state index contributed by atoms with van der Waals surface area (Å²) >= 11 is 0. The van der Waals surface area contributed by atoms with Crippen LogP contribution < -0.4 is 15.1 Å². The van der Waals surface area contributed by atoms with Crippen LogP contribution in [0.1, 0.15) is 55.3 Å². The van der Waals surface area contributed by atoms with Gasteiger partial charge in [0.15, 0.2) is 0 Å². The molecule has 0 spiro atoms. The van der Waals surface area contributed by atoms with Crippen LogP contribution in [0.5, 0.6) is 0 Å². The molecule has 1 aromatic carbocycles. The van der Waals surface area contributed by atoms with Gasteiger partial charge in [0, 0.05) is 37.9 Å². The Bertz CT molecular complexity index is 936. The number of anilines is 3. The average Bonchev–Trinajstić information content (AvgIpc) is 2.78. The smallest absolute Gasteiger partial charge is 0.411 e. The van der Waals surface area contributed by atoms with Gasteiger partial charge in [-0.15, -0.1) is 0 Å². The summed E-state index contributed by atoms with van der Waals surface area (Å²) in [4.78, 5) is 25.1. The fourth-order valence-electron chi connectivity index (χ4n) is 4.96. The van der Waals surface area contributed by atoms with Gasteiger partial charge in [-0.05, 0) is 76.3 Å². The van der Waals surface area contributed by atoms with Gasteiger partial charge in [-0.2, -0.15) is 4.98 Å². The van der Waals surface area contributed by atoms with E-state index in [9.17, 15) is 9.90 Å². The molecule has 1 fully saturated rings. The molecule has 2 aliphatic carbocycles. The molecule has 0 radical (unpaired) electrons. The Morgan fingerprint density at radius 2 is 1.75 bits per heavy atom. The summed E-state index contributed by atoms with van der Waals surface area (Å²) in [5, 5.41) is 13.3. The Balaban J connectivity index is 1.37. The number of nitrogens with one attached hydrogen (secondary N) is 1. The predicted molar refractivity (Wildman–Crippen MR) is 129 cm³/mol. The lowest BCUT2D eigenvalue weighted by Crippen LogP contribution is -2.37. The molecule has 7 nitrogen and oxygen atoms in total. The van der Waals surface area contributed by atoms with Gasteiger partial charge in [0.2, 0.25) is 5.95 Å². The standard InChI is InChI=1S/C25H35N5O2/c1-17-8-14-20(15-9-17)30(25(31)32)16-18-10-12-19(13-11-18)26-24-27-22-7-5-4-6-21(22)23(28-24)29(2)3/h8-9,14-15,18-19H,4-7,10-13,16H2,1-3H3,(H,31,32)(H,26,27,28)/t18-,19+. The van der Waals surface area contributed by atoms with Gasteiger partial charge in [0.25, 0.3) is 0 Å². The van der Waals surface area contributed by atoms with Crippen molar-refractivity contribution in [2.24, 2.45) is 5.92 Å². The third-order valence-corrected chi connectivity index (χ3v) is 6.78. The third-order valence-electron chi connectivity index (χ3n) is 6.78. The number of hydrogen-bond donors (Lipinski definition) is 2. The fourth-order valence-corrected chi connectivity index (χ4v) is 4.96. The monoisotopic (exact) mass is 437 g/mol. The Labute approximate surface area is 190 Å². The largest absolute Gasteiger partial charge is 0.465 e. The average molecular weight is 438 g/mol. The van der Waals surface area contributed by atoms with Gasteiger partial charge in [-0.3, -0.25) is 4.90 Å². The number of aryl methyl sites for hydroxylation is 2. The van der Waals surface area contributed by atoms with Crippen molar-refractivity contribution in [3.05, 3.63) is 41.1 Å². The molecular weight excluding hydrogens is 402 g/mol. The van der Waals surface area contributed by atoms with E-state index in [1.807, 2.05) is 31.2 Å². The first-order valence-corrected chi connectivity index (χ1v) is 11.8. The molecule has 1 amide bonds. The van der Waals surface area contributed by atoms with Gasteiger partial charge in [0.05, 0.1) is 5.69 Å². The summed E-state index contributed by atoms with van der Waals surface area (Å²) < 4.78 is 0. The van der Waals surface area contributed by atoms with Crippen molar-refractivity contribution in [3.8, 4) is 0 Å². The van der Waals surface area contributed by atoms with Crippen LogP contribution >= 0.6 is 0 Å². The van der Waals surface area contributed by atoms with Crippen LogP contribution in [0.15, 0.2) is 24.3 Å². The second-order valence-electron chi connectivity index (χ2n) is 9.49. The van der Waals surface area contributed by atoms with E-state index >= 15 is 0 Å². The number of amides is 1. The van der Waals surface area contributed by atoms with Crippen molar-refractivity contribution in [2.75, 3.05) is 35.8 Å². The summed E-state index contributed by atoms with van der Waals surface area (Å²) in [5.74, 6) is 2.15. The Morgan fingerprint density at radius 3 is 2.41 bits per heavy atom. The molecule has 2 aromatic rings. The molecule has 0 saturated heterocycles. The lowest BCUT2D eigenvalue weighted by atomic mass is 9.85. The lowest BCUT2D eigenvalue weighted by Gasteiger charge is -2.32. The highest BCUT2D eigenvalue weighted by Gasteiger charge is 2.27. The van der Waals surface area contributed by atoms with Crippen molar-refractivity contribution < 1.29 is 9.90 Å². The Hall–Kier alpha value is -2.83. The van der Waals surface area contributed by atoms with E-state index in [1.54, 1.807) is 0 Å². The molecule has 1 aromatic heterocycles. The first kappa shape index (κ1) is 22.4. The number of rotatable bonds is 6. The summed E-state index contributed by atoms with van der Waals surface area (Å²) in [6.45, 7) is 2.56. The third kappa shape index (κ3) is 5.14. The molecule has 1 saturated carbocycles. The normalized spacial score (nSPS) is 20.3. The maximum Gasteiger partial charge on any atom is 0.411 e. The van der Waals surface area contributed by atoms with Crippen LogP contribution in [0.2, 0.25) is 0 Å². The topological polar surface area (TPSA) is 81.6 Å². The molecule has 32 heavy (non-hydrogen) atoms. The van der Waals surface area contributed by atoms with E-state index in [4.69, 9.17) is 9.97 Å². The van der Waals surface area contributed by atoms with Crippen LogP contribution in [-0.4, -0.2) is 47.8 Å². The summed E-state index contributed by atoms with van der Waals surface area (Å²) in [5.41, 5.74) is 4.39. The van der Waals surface area contributed by atoms with Crippen LogP contribution in [0.25, 0.3) is 0 Å². The van der Waals surface area contributed by atoms with Crippen LogP contribution in [0.3, 0.4) is 0 Å². The van der Waals surface area contributed by atoms with Crippen molar-refractivity contribution in [3.63, 3.8) is 0 Å². The molecule has 0 unspecified atom stereocenters. The second-order valence-corrected chi connectivity index (χ2v) is 9.49. The zero-order valence-electron chi connectivity index (χ0n) is 19.5. The van der Waals surface area contributed by atoms with Gasteiger partial charge >= 0.3 is 6.09 Å². The minimum Gasteiger partial charge on any atom is -0.465 e. The molecule has 172 valence electrons. The zero-order chi connectivity index (χ0) is 22.7. The Morgan fingerprint density at radius 1 is 1.06 bits per heavy atom. The van der Waals surface area contributed by atoms with Crippen molar-refractivity contribution in [1.29, 1.82) is 0 Å². The van der Waals surface area contributed by atoms with Crippen molar-refractivity contribution in [2.45, 2.75) is 64.3 Å². The quantitative estimate of drug-likeness (QED) is 0.670. The minimum atomic E-state index is -0.882. The number of carbonyl (C=O) groups is 1. The zero-order valence-corrected chi connectivity index (χ0v) is 19.5. The molecule has 0 bridgehead atoms. The van der Waals surface area contributed by atoms with E-state index < -0.39 is 6.09 Å². The SMILES string of the molecule is Cc1ccc(N(C[C@H]2CC[C@@H](Nc3nc4c(c(N(C)C)n3)CCCC4)CC2)C(=O)O)cc1. The molecule has 2 aliphatic rings. The Kier molecular flexibility index (Phi) is 6.82. The van der Waals surface area contributed by atoms with Gasteiger partial charge in [-0.1, -0.05) is 17.7 Å². The summed E-state index contributed by atoms with van der Waals surface area (Å²) in [6.07, 6.45) is 7.63. The van der Waals surface area contributed by atoms with E-state index in [2.05, 4.69) is 24.3 Å².